The molecule has 4 rings (SSSR count). The molecule has 3 heterocycles. The van der Waals surface area contributed by atoms with Crippen molar-refractivity contribution >= 4 is 17.3 Å². The molecule has 1 aromatic carbocycles. The number of nitrogens with one attached hydrogen (secondary N) is 2. The summed E-state index contributed by atoms with van der Waals surface area (Å²) in [6.07, 6.45) is 3.87. The predicted octanol–water partition coefficient (Wildman–Crippen LogP) is 5.09. The van der Waals surface area contributed by atoms with Gasteiger partial charge in [-0.2, -0.15) is 0 Å². The van der Waals surface area contributed by atoms with Crippen molar-refractivity contribution in [3.8, 4) is 21.0 Å². The second kappa shape index (κ2) is 8.10. The van der Waals surface area contributed by atoms with Gasteiger partial charge in [0.1, 0.15) is 0 Å². The van der Waals surface area contributed by atoms with Gasteiger partial charge >= 0.3 is 0 Å². The molecule has 2 aromatic heterocycles. The molecule has 1 aliphatic heterocycles. The summed E-state index contributed by atoms with van der Waals surface area (Å²) in [6.45, 7) is 9.05. The molecule has 3 N–H and O–H groups in total. The van der Waals surface area contributed by atoms with Gasteiger partial charge < -0.3 is 15.7 Å². The second-order valence-electron chi connectivity index (χ2n) is 9.43. The number of thiophene rings is 1. The van der Waals surface area contributed by atoms with E-state index >= 15 is 0 Å². The summed E-state index contributed by atoms with van der Waals surface area (Å²) in [4.78, 5) is 11.5. The van der Waals surface area contributed by atoms with Crippen LogP contribution < -0.4 is 10.6 Å². The fourth-order valence-corrected chi connectivity index (χ4v) is 5.60. The first-order chi connectivity index (χ1) is 14.2. The van der Waals surface area contributed by atoms with E-state index in [9.17, 15) is 5.11 Å². The zero-order valence-corrected chi connectivity index (χ0v) is 18.9. The number of piperidine rings is 1. The Morgan fingerprint density at radius 2 is 1.80 bits per heavy atom. The maximum absolute atomic E-state index is 9.40. The Balaban J connectivity index is 1.53. The molecule has 0 spiro atoms. The smallest absolute Gasteiger partial charge is 0.223 e. The Labute approximate surface area is 182 Å². The van der Waals surface area contributed by atoms with Crippen molar-refractivity contribution in [2.24, 2.45) is 0 Å². The first-order valence-electron chi connectivity index (χ1n) is 10.4. The third kappa shape index (κ3) is 4.89. The average molecular weight is 423 g/mol. The van der Waals surface area contributed by atoms with E-state index in [2.05, 4.69) is 61.5 Å². The van der Waals surface area contributed by atoms with Crippen LogP contribution in [0.15, 0.2) is 48.7 Å². The number of hydrogen-bond donors (Lipinski definition) is 3. The molecule has 0 amide bonds. The summed E-state index contributed by atoms with van der Waals surface area (Å²) in [5.41, 5.74) is 3.11. The van der Waals surface area contributed by atoms with Crippen molar-refractivity contribution in [1.82, 2.24) is 15.3 Å². The SMILES string of the molecule is CC1(C)CC(Nc2nccc(-c3ccc(-c4cccc(CO)c4)s3)n2)CC(C)(C)N1. The number of aliphatic hydroxyl groups is 1. The van der Waals surface area contributed by atoms with Crippen molar-refractivity contribution < 1.29 is 5.11 Å². The minimum atomic E-state index is 0.0529. The average Bonchev–Trinajstić information content (AvgIpc) is 3.16. The van der Waals surface area contributed by atoms with Crippen LogP contribution in [0.2, 0.25) is 0 Å². The Morgan fingerprint density at radius 1 is 1.07 bits per heavy atom. The summed E-state index contributed by atoms with van der Waals surface area (Å²) in [6, 6.07) is 14.5. The number of benzene rings is 1. The molecular weight excluding hydrogens is 392 g/mol. The highest BCUT2D eigenvalue weighted by Crippen LogP contribution is 2.35. The van der Waals surface area contributed by atoms with Crippen molar-refractivity contribution in [1.29, 1.82) is 0 Å². The van der Waals surface area contributed by atoms with E-state index in [0.29, 0.717) is 12.0 Å². The van der Waals surface area contributed by atoms with E-state index in [1.54, 1.807) is 11.3 Å². The highest BCUT2D eigenvalue weighted by atomic mass is 32.1. The maximum Gasteiger partial charge on any atom is 0.223 e. The summed E-state index contributed by atoms with van der Waals surface area (Å²) in [5.74, 6) is 0.684. The Kier molecular flexibility index (Phi) is 5.66. The highest BCUT2D eigenvalue weighted by molar-refractivity contribution is 7.18. The van der Waals surface area contributed by atoms with Crippen LogP contribution in [0.25, 0.3) is 21.0 Å². The van der Waals surface area contributed by atoms with Crippen LogP contribution in [-0.2, 0) is 6.61 Å². The third-order valence-corrected chi connectivity index (χ3v) is 6.59. The standard InChI is InChI=1S/C24H30N4OS/c1-23(2)13-18(14-24(3,4)28-23)26-22-25-11-10-19(27-22)21-9-8-20(30-21)17-7-5-6-16(12-17)15-29/h5-12,18,28-29H,13-15H2,1-4H3,(H,25,26,27). The third-order valence-electron chi connectivity index (χ3n) is 5.43. The lowest BCUT2D eigenvalue weighted by molar-refractivity contribution is 0.170. The molecular formula is C24H30N4OS. The van der Waals surface area contributed by atoms with Crippen LogP contribution >= 0.6 is 11.3 Å². The van der Waals surface area contributed by atoms with Gasteiger partial charge in [-0.05, 0) is 75.9 Å². The fraction of sp³-hybridized carbons (Fsp3) is 0.417. The summed E-state index contributed by atoms with van der Waals surface area (Å²) in [5, 5.41) is 16.7. The molecule has 30 heavy (non-hydrogen) atoms. The van der Waals surface area contributed by atoms with Crippen molar-refractivity contribution in [2.75, 3.05) is 5.32 Å². The molecule has 1 aliphatic rings. The summed E-state index contributed by atoms with van der Waals surface area (Å²) >= 11 is 1.70. The van der Waals surface area contributed by atoms with E-state index in [1.165, 1.54) is 0 Å². The molecule has 158 valence electrons. The van der Waals surface area contributed by atoms with Crippen LogP contribution in [0.4, 0.5) is 5.95 Å². The molecule has 0 bridgehead atoms. The van der Waals surface area contributed by atoms with Crippen LogP contribution in [0.1, 0.15) is 46.1 Å². The molecule has 6 heteroatoms. The summed E-state index contributed by atoms with van der Waals surface area (Å²) in [7, 11) is 0. The monoisotopic (exact) mass is 422 g/mol. The lowest BCUT2D eigenvalue weighted by Gasteiger charge is -2.46. The number of hydrogen-bond acceptors (Lipinski definition) is 6. The maximum atomic E-state index is 9.40. The van der Waals surface area contributed by atoms with Crippen molar-refractivity contribution in [3.63, 3.8) is 0 Å². The number of anilines is 1. The van der Waals surface area contributed by atoms with E-state index < -0.39 is 0 Å². The van der Waals surface area contributed by atoms with Gasteiger partial charge in [0.25, 0.3) is 0 Å². The van der Waals surface area contributed by atoms with Crippen LogP contribution in [-0.4, -0.2) is 32.2 Å². The molecule has 1 saturated heterocycles. The minimum Gasteiger partial charge on any atom is -0.392 e. The zero-order chi connectivity index (χ0) is 21.4. The molecule has 3 aromatic rings. The van der Waals surface area contributed by atoms with Crippen molar-refractivity contribution in [2.45, 2.75) is 64.3 Å². The molecule has 0 radical (unpaired) electrons. The fourth-order valence-electron chi connectivity index (χ4n) is 4.63. The van der Waals surface area contributed by atoms with Crippen LogP contribution in [0.3, 0.4) is 0 Å². The summed E-state index contributed by atoms with van der Waals surface area (Å²) < 4.78 is 0. The largest absolute Gasteiger partial charge is 0.392 e. The Bertz CT molecular complexity index is 1010. The minimum absolute atomic E-state index is 0.0529. The van der Waals surface area contributed by atoms with Crippen LogP contribution in [0.5, 0.6) is 0 Å². The van der Waals surface area contributed by atoms with Crippen LogP contribution in [0, 0.1) is 0 Å². The molecule has 0 saturated carbocycles. The topological polar surface area (TPSA) is 70.1 Å². The first kappa shape index (κ1) is 21.0. The molecule has 0 unspecified atom stereocenters. The normalized spacial score (nSPS) is 18.3. The second-order valence-corrected chi connectivity index (χ2v) is 10.5. The van der Waals surface area contributed by atoms with E-state index in [1.807, 2.05) is 30.5 Å². The van der Waals surface area contributed by atoms with Gasteiger partial charge in [-0.15, -0.1) is 11.3 Å². The van der Waals surface area contributed by atoms with Gasteiger partial charge in [-0.1, -0.05) is 18.2 Å². The molecule has 1 fully saturated rings. The lowest BCUT2D eigenvalue weighted by atomic mass is 9.80. The van der Waals surface area contributed by atoms with Gasteiger partial charge in [-0.25, -0.2) is 9.97 Å². The lowest BCUT2D eigenvalue weighted by Crippen LogP contribution is -2.60. The van der Waals surface area contributed by atoms with Crippen molar-refractivity contribution in [3.05, 3.63) is 54.2 Å². The Hall–Kier alpha value is -2.28. The molecule has 5 nitrogen and oxygen atoms in total. The Morgan fingerprint density at radius 3 is 2.53 bits per heavy atom. The van der Waals surface area contributed by atoms with Gasteiger partial charge in [0, 0.05) is 28.2 Å². The number of aliphatic hydroxyl groups excluding tert-OH is 1. The molecule has 0 aliphatic carbocycles. The van der Waals surface area contributed by atoms with Gasteiger partial charge in [0.05, 0.1) is 17.2 Å². The first-order valence-corrected chi connectivity index (χ1v) is 11.2. The van der Waals surface area contributed by atoms with Gasteiger partial charge in [0.2, 0.25) is 5.95 Å². The predicted molar refractivity (Wildman–Crippen MR) is 125 cm³/mol. The van der Waals surface area contributed by atoms with E-state index in [4.69, 9.17) is 4.98 Å². The number of rotatable bonds is 5. The van der Waals surface area contributed by atoms with E-state index in [0.717, 1.165) is 39.4 Å². The number of nitrogens with zero attached hydrogens (tertiary/aromatic N) is 2. The number of aromatic nitrogens is 2. The highest BCUT2D eigenvalue weighted by Gasteiger charge is 2.37. The zero-order valence-electron chi connectivity index (χ0n) is 18.1. The van der Waals surface area contributed by atoms with Gasteiger partial charge in [-0.3, -0.25) is 0 Å². The van der Waals surface area contributed by atoms with Gasteiger partial charge in [0.15, 0.2) is 0 Å². The molecule has 0 atom stereocenters. The quantitative estimate of drug-likeness (QED) is 0.535. The van der Waals surface area contributed by atoms with E-state index in [-0.39, 0.29) is 17.7 Å².